The number of piperazine rings is 1. The van der Waals surface area contributed by atoms with E-state index in [1.807, 2.05) is 0 Å². The highest BCUT2D eigenvalue weighted by Gasteiger charge is 2.25. The number of methoxy groups -OCH3 is 1. The first-order valence-corrected chi connectivity index (χ1v) is 9.54. The Bertz CT molecular complexity index is 985. The van der Waals surface area contributed by atoms with Gasteiger partial charge in [0.1, 0.15) is 18.1 Å². The molecular formula is C20H23FN4O5. The van der Waals surface area contributed by atoms with Crippen LogP contribution in [0.2, 0.25) is 0 Å². The number of halogens is 1. The van der Waals surface area contributed by atoms with E-state index >= 15 is 0 Å². The molecule has 0 N–H and O–H groups in total. The molecule has 1 aromatic heterocycles. The molecule has 2 amide bonds. The lowest BCUT2D eigenvalue weighted by molar-refractivity contribution is -0.133. The van der Waals surface area contributed by atoms with Gasteiger partial charge < -0.3 is 19.3 Å². The monoisotopic (exact) mass is 418 g/mol. The van der Waals surface area contributed by atoms with Crippen molar-refractivity contribution in [2.24, 2.45) is 0 Å². The van der Waals surface area contributed by atoms with Crippen LogP contribution in [0.1, 0.15) is 6.92 Å². The van der Waals surface area contributed by atoms with Gasteiger partial charge in [0.15, 0.2) is 0 Å². The highest BCUT2D eigenvalue weighted by atomic mass is 19.1. The van der Waals surface area contributed by atoms with Crippen molar-refractivity contribution in [1.82, 2.24) is 19.6 Å². The average Bonchev–Trinajstić information content (AvgIpc) is 2.75. The van der Waals surface area contributed by atoms with Gasteiger partial charge in [-0.1, -0.05) is 0 Å². The summed E-state index contributed by atoms with van der Waals surface area (Å²) in [6, 6.07) is 6.97. The third-order valence-electron chi connectivity index (χ3n) is 4.76. The second-order valence-electron chi connectivity index (χ2n) is 6.63. The molecule has 0 atom stereocenters. The molecule has 0 aliphatic carbocycles. The van der Waals surface area contributed by atoms with Gasteiger partial charge in [0.25, 0.3) is 5.56 Å². The quantitative estimate of drug-likeness (QED) is 0.728. The van der Waals surface area contributed by atoms with Crippen molar-refractivity contribution in [3.8, 4) is 17.0 Å². The van der Waals surface area contributed by atoms with Crippen molar-refractivity contribution in [1.29, 1.82) is 0 Å². The second kappa shape index (κ2) is 9.38. The predicted octanol–water partition coefficient (Wildman–Crippen LogP) is 1.36. The van der Waals surface area contributed by atoms with E-state index in [1.165, 1.54) is 36.3 Å². The standard InChI is InChI=1S/C20H23FN4O5/c1-3-30-20(28)24-10-8-23(9-11-24)19(27)13-25-18(26)7-6-17(22-25)15-5-4-14(29-2)12-16(15)21/h4-7,12H,3,8-11,13H2,1-2H3. The Morgan fingerprint density at radius 1 is 1.10 bits per heavy atom. The molecule has 3 rings (SSSR count). The molecule has 1 aliphatic heterocycles. The van der Waals surface area contributed by atoms with Gasteiger partial charge in [-0.3, -0.25) is 9.59 Å². The fraction of sp³-hybridized carbons (Fsp3) is 0.400. The summed E-state index contributed by atoms with van der Waals surface area (Å²) in [5.41, 5.74) is -0.0408. The minimum atomic E-state index is -0.548. The molecule has 30 heavy (non-hydrogen) atoms. The van der Waals surface area contributed by atoms with E-state index < -0.39 is 17.5 Å². The van der Waals surface area contributed by atoms with E-state index in [1.54, 1.807) is 17.9 Å². The smallest absolute Gasteiger partial charge is 0.409 e. The summed E-state index contributed by atoms with van der Waals surface area (Å²) >= 11 is 0. The summed E-state index contributed by atoms with van der Waals surface area (Å²) in [5.74, 6) is -0.490. The normalized spacial score (nSPS) is 13.8. The molecule has 1 saturated heterocycles. The summed E-state index contributed by atoms with van der Waals surface area (Å²) in [4.78, 5) is 39.6. The van der Waals surface area contributed by atoms with Gasteiger partial charge in [-0.05, 0) is 25.1 Å². The van der Waals surface area contributed by atoms with Gasteiger partial charge in [-0.15, -0.1) is 0 Å². The van der Waals surface area contributed by atoms with Crippen LogP contribution in [0.25, 0.3) is 11.3 Å². The van der Waals surface area contributed by atoms with Crippen LogP contribution in [0.3, 0.4) is 0 Å². The molecule has 2 aromatic rings. The van der Waals surface area contributed by atoms with Gasteiger partial charge in [-0.2, -0.15) is 5.10 Å². The Hall–Kier alpha value is -3.43. The van der Waals surface area contributed by atoms with Crippen LogP contribution in [0, 0.1) is 5.82 Å². The van der Waals surface area contributed by atoms with E-state index in [-0.39, 0.29) is 30.3 Å². The summed E-state index contributed by atoms with van der Waals surface area (Å²) < 4.78 is 25.3. The Morgan fingerprint density at radius 3 is 2.43 bits per heavy atom. The number of nitrogens with zero attached hydrogens (tertiary/aromatic N) is 4. The molecule has 10 heteroatoms. The Labute approximate surface area is 172 Å². The maximum Gasteiger partial charge on any atom is 0.409 e. The average molecular weight is 418 g/mol. The molecule has 2 heterocycles. The first-order chi connectivity index (χ1) is 14.4. The highest BCUT2D eigenvalue weighted by Crippen LogP contribution is 2.24. The summed E-state index contributed by atoms with van der Waals surface area (Å²) in [6.45, 7) is 3.11. The molecule has 0 unspecified atom stereocenters. The van der Waals surface area contributed by atoms with Crippen LogP contribution in [-0.2, 0) is 16.1 Å². The van der Waals surface area contributed by atoms with E-state index in [0.29, 0.717) is 31.9 Å². The maximum absolute atomic E-state index is 14.3. The maximum atomic E-state index is 14.3. The van der Waals surface area contributed by atoms with Crippen molar-refractivity contribution in [2.75, 3.05) is 39.9 Å². The van der Waals surface area contributed by atoms with Crippen molar-refractivity contribution in [2.45, 2.75) is 13.5 Å². The Balaban J connectivity index is 1.70. The summed E-state index contributed by atoms with van der Waals surface area (Å²) in [5, 5.41) is 4.15. The molecule has 1 aliphatic rings. The minimum absolute atomic E-state index is 0.194. The molecule has 1 fully saturated rings. The molecule has 160 valence electrons. The molecular weight excluding hydrogens is 395 g/mol. The molecule has 9 nitrogen and oxygen atoms in total. The number of hydrogen-bond donors (Lipinski definition) is 0. The van der Waals surface area contributed by atoms with Gasteiger partial charge >= 0.3 is 6.09 Å². The predicted molar refractivity (Wildman–Crippen MR) is 106 cm³/mol. The Kier molecular flexibility index (Phi) is 6.65. The molecule has 0 saturated carbocycles. The number of amides is 2. The zero-order valence-corrected chi connectivity index (χ0v) is 16.8. The number of aromatic nitrogens is 2. The van der Waals surface area contributed by atoms with Crippen molar-refractivity contribution in [3.63, 3.8) is 0 Å². The molecule has 0 radical (unpaired) electrons. The lowest BCUT2D eigenvalue weighted by Gasteiger charge is -2.34. The van der Waals surface area contributed by atoms with Gasteiger partial charge in [0, 0.05) is 43.9 Å². The lowest BCUT2D eigenvalue weighted by Crippen LogP contribution is -2.51. The zero-order valence-electron chi connectivity index (χ0n) is 16.8. The van der Waals surface area contributed by atoms with Crippen LogP contribution in [0.4, 0.5) is 9.18 Å². The number of hydrogen-bond acceptors (Lipinski definition) is 6. The topological polar surface area (TPSA) is 94.0 Å². The lowest BCUT2D eigenvalue weighted by atomic mass is 10.1. The fourth-order valence-corrected chi connectivity index (χ4v) is 3.12. The molecule has 1 aromatic carbocycles. The fourth-order valence-electron chi connectivity index (χ4n) is 3.12. The number of carbonyl (C=O) groups is 2. The van der Waals surface area contributed by atoms with Crippen LogP contribution in [0.5, 0.6) is 5.75 Å². The number of carbonyl (C=O) groups excluding carboxylic acids is 2. The van der Waals surface area contributed by atoms with E-state index in [2.05, 4.69) is 5.10 Å². The van der Waals surface area contributed by atoms with Gasteiger partial charge in [-0.25, -0.2) is 13.9 Å². The summed E-state index contributed by atoms with van der Waals surface area (Å²) in [7, 11) is 1.44. The van der Waals surface area contributed by atoms with E-state index in [4.69, 9.17) is 9.47 Å². The van der Waals surface area contributed by atoms with Crippen molar-refractivity contribution in [3.05, 3.63) is 46.5 Å². The molecule has 0 spiro atoms. The van der Waals surface area contributed by atoms with Gasteiger partial charge in [0.05, 0.1) is 19.4 Å². The zero-order chi connectivity index (χ0) is 21.7. The first-order valence-electron chi connectivity index (χ1n) is 9.54. The third kappa shape index (κ3) is 4.76. The summed E-state index contributed by atoms with van der Waals surface area (Å²) in [6.07, 6.45) is -0.406. The Morgan fingerprint density at radius 2 is 1.80 bits per heavy atom. The van der Waals surface area contributed by atoms with Crippen molar-refractivity contribution >= 4 is 12.0 Å². The third-order valence-corrected chi connectivity index (χ3v) is 4.76. The largest absolute Gasteiger partial charge is 0.497 e. The second-order valence-corrected chi connectivity index (χ2v) is 6.63. The van der Waals surface area contributed by atoms with Crippen LogP contribution in [0.15, 0.2) is 35.1 Å². The van der Waals surface area contributed by atoms with Gasteiger partial charge in [0.2, 0.25) is 5.91 Å². The van der Waals surface area contributed by atoms with E-state index in [0.717, 1.165) is 4.68 Å². The first kappa shape index (κ1) is 21.3. The minimum Gasteiger partial charge on any atom is -0.497 e. The van der Waals surface area contributed by atoms with Crippen molar-refractivity contribution < 1.29 is 23.5 Å². The van der Waals surface area contributed by atoms with E-state index in [9.17, 15) is 18.8 Å². The van der Waals surface area contributed by atoms with Crippen LogP contribution in [-0.4, -0.2) is 71.5 Å². The number of ether oxygens (including phenoxy) is 2. The molecule has 0 bridgehead atoms. The SMILES string of the molecule is CCOC(=O)N1CCN(C(=O)Cn2nc(-c3ccc(OC)cc3F)ccc2=O)CC1. The highest BCUT2D eigenvalue weighted by molar-refractivity contribution is 5.76. The number of benzene rings is 1. The van der Waals surface area contributed by atoms with Crippen LogP contribution < -0.4 is 10.3 Å². The van der Waals surface area contributed by atoms with Crippen LogP contribution >= 0.6 is 0 Å². The number of rotatable bonds is 5.